The lowest BCUT2D eigenvalue weighted by atomic mass is 10.1. The summed E-state index contributed by atoms with van der Waals surface area (Å²) in [7, 11) is -4.05. The SMILES string of the molecule is CCN(c1ccc(F)cc1)S(=O)(=O)c1ccc2[nH]cc(C(=O)NCc3cccnc3)c(=O)c2c1. The van der Waals surface area contributed by atoms with Gasteiger partial charge in [-0.25, -0.2) is 12.8 Å². The van der Waals surface area contributed by atoms with Crippen LogP contribution in [0, 0.1) is 5.82 Å². The molecule has 1 amide bonds. The van der Waals surface area contributed by atoms with Crippen molar-refractivity contribution in [1.29, 1.82) is 0 Å². The normalized spacial score (nSPS) is 11.4. The van der Waals surface area contributed by atoms with Crippen LogP contribution in [-0.4, -0.2) is 30.8 Å². The van der Waals surface area contributed by atoms with Crippen molar-refractivity contribution >= 4 is 32.5 Å². The van der Waals surface area contributed by atoms with E-state index in [4.69, 9.17) is 0 Å². The minimum atomic E-state index is -4.05. The first-order valence-corrected chi connectivity index (χ1v) is 11.9. The molecule has 2 heterocycles. The van der Waals surface area contributed by atoms with Gasteiger partial charge in [-0.3, -0.25) is 18.9 Å². The lowest BCUT2D eigenvalue weighted by Crippen LogP contribution is -2.31. The lowest BCUT2D eigenvalue weighted by molar-refractivity contribution is 0.0949. The van der Waals surface area contributed by atoms with Gasteiger partial charge in [0, 0.05) is 42.6 Å². The standard InChI is InChI=1S/C24H21FN4O4S/c1-2-29(18-7-5-17(25)6-8-18)34(32,33)19-9-10-22-20(12-19)23(30)21(15-27-22)24(31)28-14-16-4-3-11-26-13-16/h3-13,15H,2,14H2,1H3,(H,27,30)(H,28,31). The van der Waals surface area contributed by atoms with Crippen molar-refractivity contribution in [3.8, 4) is 0 Å². The van der Waals surface area contributed by atoms with Crippen LogP contribution >= 0.6 is 0 Å². The molecule has 0 aliphatic rings. The number of sulfonamides is 1. The Labute approximate surface area is 195 Å². The van der Waals surface area contributed by atoms with Gasteiger partial charge in [-0.05, 0) is 61.0 Å². The van der Waals surface area contributed by atoms with Gasteiger partial charge in [0.2, 0.25) is 5.43 Å². The van der Waals surface area contributed by atoms with E-state index in [1.807, 2.05) is 0 Å². The topological polar surface area (TPSA) is 112 Å². The summed E-state index contributed by atoms with van der Waals surface area (Å²) < 4.78 is 41.1. The van der Waals surface area contributed by atoms with Gasteiger partial charge in [0.15, 0.2) is 0 Å². The molecule has 0 bridgehead atoms. The summed E-state index contributed by atoms with van der Waals surface area (Å²) in [5.41, 5.74) is 0.706. The second-order valence-corrected chi connectivity index (χ2v) is 9.29. The minimum Gasteiger partial charge on any atom is -0.360 e. The Hall–Kier alpha value is -4.05. The molecule has 0 spiro atoms. The Balaban J connectivity index is 1.68. The Morgan fingerprint density at radius 2 is 1.91 bits per heavy atom. The van der Waals surface area contributed by atoms with Crippen LogP contribution in [0.25, 0.3) is 10.9 Å². The van der Waals surface area contributed by atoms with Crippen molar-refractivity contribution in [2.24, 2.45) is 0 Å². The Bertz CT molecular complexity index is 1500. The molecule has 2 aromatic heterocycles. The number of rotatable bonds is 7. The highest BCUT2D eigenvalue weighted by Crippen LogP contribution is 2.25. The molecule has 0 radical (unpaired) electrons. The van der Waals surface area contributed by atoms with Gasteiger partial charge in [-0.1, -0.05) is 6.07 Å². The highest BCUT2D eigenvalue weighted by atomic mass is 32.2. The fourth-order valence-electron chi connectivity index (χ4n) is 3.53. The fourth-order valence-corrected chi connectivity index (χ4v) is 5.03. The number of pyridine rings is 2. The quantitative estimate of drug-likeness (QED) is 0.422. The molecule has 8 nitrogen and oxygen atoms in total. The van der Waals surface area contributed by atoms with Gasteiger partial charge in [-0.15, -0.1) is 0 Å². The highest BCUT2D eigenvalue weighted by molar-refractivity contribution is 7.92. The third kappa shape index (κ3) is 4.53. The van der Waals surface area contributed by atoms with E-state index in [1.54, 1.807) is 31.5 Å². The van der Waals surface area contributed by atoms with Crippen molar-refractivity contribution in [2.75, 3.05) is 10.8 Å². The molecule has 0 aliphatic heterocycles. The number of halogens is 1. The number of H-pyrrole nitrogens is 1. The second-order valence-electron chi connectivity index (χ2n) is 7.43. The molecule has 34 heavy (non-hydrogen) atoms. The van der Waals surface area contributed by atoms with Gasteiger partial charge < -0.3 is 10.3 Å². The van der Waals surface area contributed by atoms with Gasteiger partial charge in [0.1, 0.15) is 11.4 Å². The molecule has 4 rings (SSSR count). The largest absolute Gasteiger partial charge is 0.360 e. The van der Waals surface area contributed by atoms with Crippen LogP contribution in [0.2, 0.25) is 0 Å². The van der Waals surface area contributed by atoms with Gasteiger partial charge in [-0.2, -0.15) is 0 Å². The first kappa shape index (κ1) is 23.1. The van der Waals surface area contributed by atoms with Crippen LogP contribution in [0.5, 0.6) is 0 Å². The number of carbonyl (C=O) groups is 1. The number of benzene rings is 2. The summed E-state index contributed by atoms with van der Waals surface area (Å²) in [5.74, 6) is -1.08. The lowest BCUT2D eigenvalue weighted by Gasteiger charge is -2.23. The molecular weight excluding hydrogens is 459 g/mol. The van der Waals surface area contributed by atoms with Gasteiger partial charge in [0.05, 0.1) is 10.6 Å². The predicted molar refractivity (Wildman–Crippen MR) is 127 cm³/mol. The van der Waals surface area contributed by atoms with Crippen LogP contribution in [0.4, 0.5) is 10.1 Å². The number of amides is 1. The van der Waals surface area contributed by atoms with E-state index in [-0.39, 0.29) is 28.9 Å². The number of hydrogen-bond donors (Lipinski definition) is 2. The molecule has 0 atom stereocenters. The highest BCUT2D eigenvalue weighted by Gasteiger charge is 2.25. The second kappa shape index (κ2) is 9.44. The molecule has 0 unspecified atom stereocenters. The molecule has 2 N–H and O–H groups in total. The minimum absolute atomic E-state index is 0.0604. The van der Waals surface area contributed by atoms with Crippen LogP contribution in [0.15, 0.2) is 82.9 Å². The van der Waals surface area contributed by atoms with E-state index in [0.29, 0.717) is 11.2 Å². The summed E-state index contributed by atoms with van der Waals surface area (Å²) >= 11 is 0. The summed E-state index contributed by atoms with van der Waals surface area (Å²) in [6, 6.07) is 12.7. The van der Waals surface area contributed by atoms with E-state index < -0.39 is 27.2 Å². The van der Waals surface area contributed by atoms with Crippen molar-refractivity contribution in [2.45, 2.75) is 18.4 Å². The number of aromatic amines is 1. The smallest absolute Gasteiger partial charge is 0.264 e. The summed E-state index contributed by atoms with van der Waals surface area (Å²) in [6.45, 7) is 1.93. The Morgan fingerprint density at radius 1 is 1.15 bits per heavy atom. The van der Waals surface area contributed by atoms with Gasteiger partial charge in [0.25, 0.3) is 15.9 Å². The van der Waals surface area contributed by atoms with E-state index in [2.05, 4.69) is 15.3 Å². The maximum atomic E-state index is 13.3. The van der Waals surface area contributed by atoms with Crippen molar-refractivity contribution < 1.29 is 17.6 Å². The zero-order valence-corrected chi connectivity index (χ0v) is 19.0. The number of aromatic nitrogens is 2. The van der Waals surface area contributed by atoms with Crippen LogP contribution < -0.4 is 15.1 Å². The van der Waals surface area contributed by atoms with E-state index in [9.17, 15) is 22.4 Å². The molecule has 0 fully saturated rings. The number of nitrogens with zero attached hydrogens (tertiary/aromatic N) is 2. The predicted octanol–water partition coefficient (Wildman–Crippen LogP) is 3.21. The van der Waals surface area contributed by atoms with Crippen LogP contribution in [0.1, 0.15) is 22.8 Å². The summed E-state index contributed by atoms with van der Waals surface area (Å²) in [6.07, 6.45) is 4.51. The van der Waals surface area contributed by atoms with Crippen LogP contribution in [-0.2, 0) is 16.6 Å². The number of hydrogen-bond acceptors (Lipinski definition) is 5. The average molecular weight is 481 g/mol. The third-order valence-electron chi connectivity index (χ3n) is 5.26. The molecule has 0 saturated carbocycles. The molecule has 174 valence electrons. The molecule has 10 heteroatoms. The monoisotopic (exact) mass is 480 g/mol. The summed E-state index contributed by atoms with van der Waals surface area (Å²) in [4.78, 5) is 32.4. The maximum Gasteiger partial charge on any atom is 0.264 e. The van der Waals surface area contributed by atoms with Crippen LogP contribution in [0.3, 0.4) is 0 Å². The Kier molecular flexibility index (Phi) is 6.42. The van der Waals surface area contributed by atoms with Crippen molar-refractivity contribution in [1.82, 2.24) is 15.3 Å². The zero-order valence-electron chi connectivity index (χ0n) is 18.2. The fraction of sp³-hybridized carbons (Fsp3) is 0.125. The molecular formula is C24H21FN4O4S. The van der Waals surface area contributed by atoms with E-state index >= 15 is 0 Å². The zero-order chi connectivity index (χ0) is 24.3. The number of nitrogens with one attached hydrogen (secondary N) is 2. The van der Waals surface area contributed by atoms with Crippen molar-refractivity contribution in [3.05, 3.63) is 100 Å². The number of fused-ring (bicyclic) bond motifs is 1. The number of anilines is 1. The first-order valence-electron chi connectivity index (χ1n) is 10.4. The van der Waals surface area contributed by atoms with Gasteiger partial charge >= 0.3 is 0 Å². The van der Waals surface area contributed by atoms with Crippen molar-refractivity contribution in [3.63, 3.8) is 0 Å². The molecule has 0 saturated heterocycles. The van der Waals surface area contributed by atoms with E-state index in [1.165, 1.54) is 48.7 Å². The maximum absolute atomic E-state index is 13.3. The van der Waals surface area contributed by atoms with E-state index in [0.717, 1.165) is 9.87 Å². The molecule has 2 aromatic carbocycles. The number of carbonyl (C=O) groups excluding carboxylic acids is 1. The first-order chi connectivity index (χ1) is 16.3. The molecule has 0 aliphatic carbocycles. The molecule has 4 aromatic rings. The summed E-state index contributed by atoms with van der Waals surface area (Å²) in [5, 5.41) is 2.72. The third-order valence-corrected chi connectivity index (χ3v) is 7.16. The Morgan fingerprint density at radius 3 is 2.59 bits per heavy atom. The average Bonchev–Trinajstić information content (AvgIpc) is 2.85.